The molecule has 0 aliphatic rings. The zero-order chi connectivity index (χ0) is 11.8. The minimum absolute atomic E-state index is 0.0417. The third-order valence-corrected chi connectivity index (χ3v) is 1.93. The lowest BCUT2D eigenvalue weighted by molar-refractivity contribution is 0.502. The number of hydrogen-bond acceptors (Lipinski definition) is 7. The van der Waals surface area contributed by atoms with Crippen molar-refractivity contribution in [3.8, 4) is 0 Å². The van der Waals surface area contributed by atoms with E-state index in [1.54, 1.807) is 0 Å². The highest BCUT2D eigenvalue weighted by molar-refractivity contribution is 7.37. The van der Waals surface area contributed by atoms with Crippen molar-refractivity contribution in [3.05, 3.63) is 0 Å². The van der Waals surface area contributed by atoms with Crippen LogP contribution in [0.3, 0.4) is 0 Å². The van der Waals surface area contributed by atoms with Crippen molar-refractivity contribution in [1.29, 1.82) is 0 Å². The Balaban J connectivity index is 0.000000288. The van der Waals surface area contributed by atoms with Gasteiger partial charge in [-0.2, -0.15) is 19.8 Å². The molecule has 0 amide bonds. The van der Waals surface area contributed by atoms with E-state index in [9.17, 15) is 4.57 Å². The lowest BCUT2D eigenvalue weighted by atomic mass is 10.6. The number of nitrogen functional groups attached to an aromatic ring is 3. The van der Waals surface area contributed by atoms with E-state index in [0.29, 0.717) is 6.16 Å². The fourth-order valence-corrected chi connectivity index (χ4v) is 1.00. The smallest absolute Gasteiger partial charge is 0.368 e. The minimum Gasteiger partial charge on any atom is -0.368 e. The standard InChI is InChI=1S/C3H6N6.C3H7O2P/c4-1-7-2(5)9-3(6)8-1;1-2-3-6(4)5/h(H6,4,5,6,7,8,9);2-3H2,1H3/p+1. The highest BCUT2D eigenvalue weighted by atomic mass is 31.1. The van der Waals surface area contributed by atoms with Gasteiger partial charge in [-0.15, -0.1) is 0 Å². The topological polar surface area (TPSA) is 154 Å². The van der Waals surface area contributed by atoms with E-state index in [0.717, 1.165) is 6.42 Å². The Kier molecular flexibility index (Phi) is 6.16. The number of nitrogens with zero attached hydrogens (tertiary/aromatic N) is 3. The molecule has 0 aromatic carbocycles. The van der Waals surface area contributed by atoms with Crippen molar-refractivity contribution >= 4 is 25.9 Å². The summed E-state index contributed by atoms with van der Waals surface area (Å²) in [4.78, 5) is 18.5. The van der Waals surface area contributed by atoms with Crippen LogP contribution < -0.4 is 17.2 Å². The van der Waals surface area contributed by atoms with E-state index in [1.807, 2.05) is 6.92 Å². The Morgan fingerprint density at radius 3 is 1.60 bits per heavy atom. The molecule has 8 nitrogen and oxygen atoms in total. The summed E-state index contributed by atoms with van der Waals surface area (Å²) in [7, 11) is -1.85. The molecule has 0 fully saturated rings. The fourth-order valence-electron chi connectivity index (χ4n) is 0.618. The van der Waals surface area contributed by atoms with Crippen molar-refractivity contribution in [2.75, 3.05) is 23.4 Å². The second-order valence-corrected chi connectivity index (χ2v) is 3.64. The van der Waals surface area contributed by atoms with Crippen LogP contribution in [0, 0.1) is 0 Å². The average molecular weight is 233 g/mol. The normalized spacial score (nSPS) is 10.1. The second-order valence-electron chi connectivity index (χ2n) is 2.49. The van der Waals surface area contributed by atoms with E-state index in [1.165, 1.54) is 0 Å². The maximum atomic E-state index is 9.75. The summed E-state index contributed by atoms with van der Waals surface area (Å²) in [6.45, 7) is 1.88. The van der Waals surface area contributed by atoms with Gasteiger partial charge in [0.15, 0.2) is 6.16 Å². The van der Waals surface area contributed by atoms with Crippen molar-refractivity contribution in [3.63, 3.8) is 0 Å². The summed E-state index contributed by atoms with van der Waals surface area (Å²) >= 11 is 0. The third kappa shape index (κ3) is 7.53. The molecule has 0 radical (unpaired) electrons. The van der Waals surface area contributed by atoms with Crippen LogP contribution in [0.2, 0.25) is 0 Å². The maximum absolute atomic E-state index is 9.75. The van der Waals surface area contributed by atoms with Crippen molar-refractivity contribution in [2.45, 2.75) is 13.3 Å². The van der Waals surface area contributed by atoms with Gasteiger partial charge in [0, 0.05) is 0 Å². The average Bonchev–Trinajstić information content (AvgIpc) is 2.00. The van der Waals surface area contributed by atoms with Crippen LogP contribution in [0.5, 0.6) is 0 Å². The summed E-state index contributed by atoms with van der Waals surface area (Å²) in [5.74, 6) is 0.125. The quantitative estimate of drug-likeness (QED) is 0.509. The van der Waals surface area contributed by atoms with Gasteiger partial charge in [-0.25, -0.2) is 0 Å². The number of hydrogen-bond donors (Lipinski definition) is 4. The molecule has 15 heavy (non-hydrogen) atoms. The van der Waals surface area contributed by atoms with Crippen molar-refractivity contribution in [2.24, 2.45) is 0 Å². The lowest BCUT2D eigenvalue weighted by Crippen LogP contribution is -2.05. The molecule has 0 spiro atoms. The van der Waals surface area contributed by atoms with Crippen molar-refractivity contribution in [1.82, 2.24) is 15.0 Å². The predicted octanol–water partition coefficient (Wildman–Crippen LogP) is -0.251. The number of rotatable bonds is 2. The summed E-state index contributed by atoms with van der Waals surface area (Å²) in [6, 6.07) is 0. The lowest BCUT2D eigenvalue weighted by Gasteiger charge is -1.93. The molecular formula is C6H14N6O2P+. The van der Waals surface area contributed by atoms with E-state index < -0.39 is 8.03 Å². The number of anilines is 3. The van der Waals surface area contributed by atoms with Crippen LogP contribution in [-0.4, -0.2) is 26.0 Å². The second kappa shape index (κ2) is 6.86. The zero-order valence-corrected chi connectivity index (χ0v) is 9.19. The molecule has 1 aromatic heterocycles. The molecule has 1 atom stereocenters. The van der Waals surface area contributed by atoms with E-state index in [4.69, 9.17) is 22.1 Å². The Morgan fingerprint density at radius 1 is 1.13 bits per heavy atom. The Labute approximate surface area is 87.8 Å². The largest absolute Gasteiger partial charge is 0.505 e. The van der Waals surface area contributed by atoms with Crippen LogP contribution in [0.1, 0.15) is 13.3 Å². The molecule has 84 valence electrons. The van der Waals surface area contributed by atoms with Gasteiger partial charge in [0.05, 0.1) is 0 Å². The van der Waals surface area contributed by atoms with Crippen LogP contribution in [0.25, 0.3) is 0 Å². The van der Waals surface area contributed by atoms with Gasteiger partial charge in [-0.05, 0) is 11.0 Å². The highest BCUT2D eigenvalue weighted by Gasteiger charge is 2.03. The molecular weight excluding hydrogens is 219 g/mol. The molecule has 1 rings (SSSR count). The van der Waals surface area contributed by atoms with Gasteiger partial charge < -0.3 is 17.2 Å². The van der Waals surface area contributed by atoms with Gasteiger partial charge >= 0.3 is 8.03 Å². The first-order valence-corrected chi connectivity index (χ1v) is 5.51. The maximum Gasteiger partial charge on any atom is 0.505 e. The summed E-state index contributed by atoms with van der Waals surface area (Å²) in [5, 5.41) is 0. The van der Waals surface area contributed by atoms with Gasteiger partial charge in [0.1, 0.15) is 0 Å². The molecule has 1 heterocycles. The van der Waals surface area contributed by atoms with Crippen molar-refractivity contribution < 1.29 is 9.46 Å². The molecule has 1 aromatic rings. The number of aromatic nitrogens is 3. The van der Waals surface area contributed by atoms with E-state index in [2.05, 4.69) is 15.0 Å². The number of nitrogens with two attached hydrogens (primary N) is 3. The molecule has 0 aliphatic carbocycles. The molecule has 0 aliphatic heterocycles. The Hall–Kier alpha value is -1.53. The molecule has 0 saturated heterocycles. The molecule has 9 heteroatoms. The minimum atomic E-state index is -1.85. The zero-order valence-electron chi connectivity index (χ0n) is 8.29. The Bertz CT molecular complexity index is 283. The monoisotopic (exact) mass is 233 g/mol. The van der Waals surface area contributed by atoms with E-state index in [-0.39, 0.29) is 17.8 Å². The summed E-state index contributed by atoms with van der Waals surface area (Å²) in [5.41, 5.74) is 15.4. The molecule has 7 N–H and O–H groups in total. The van der Waals surface area contributed by atoms with E-state index >= 15 is 0 Å². The fraction of sp³-hybridized carbons (Fsp3) is 0.500. The van der Waals surface area contributed by atoms with Gasteiger partial charge in [-0.1, -0.05) is 6.92 Å². The third-order valence-electron chi connectivity index (χ3n) is 1.10. The first-order chi connectivity index (χ1) is 6.95. The first-order valence-electron chi connectivity index (χ1n) is 4.11. The summed E-state index contributed by atoms with van der Waals surface area (Å²) < 4.78 is 9.75. The van der Waals surface area contributed by atoms with Gasteiger partial charge in [0.25, 0.3) is 0 Å². The first kappa shape index (κ1) is 13.5. The van der Waals surface area contributed by atoms with Gasteiger partial charge in [-0.3, -0.25) is 0 Å². The van der Waals surface area contributed by atoms with Gasteiger partial charge in [0.2, 0.25) is 17.8 Å². The molecule has 0 saturated carbocycles. The highest BCUT2D eigenvalue weighted by Crippen LogP contribution is 2.12. The SMILES string of the molecule is CCC[P+](=O)O.Nc1nc(N)nc(N)n1. The van der Waals surface area contributed by atoms with Crippen LogP contribution in [-0.2, 0) is 4.57 Å². The van der Waals surface area contributed by atoms with Crippen LogP contribution in [0.4, 0.5) is 17.8 Å². The summed E-state index contributed by atoms with van der Waals surface area (Å²) in [6.07, 6.45) is 1.24. The molecule has 0 bridgehead atoms. The molecule has 1 unspecified atom stereocenters. The van der Waals surface area contributed by atoms with Crippen LogP contribution >= 0.6 is 8.03 Å². The predicted molar refractivity (Wildman–Crippen MR) is 58.0 cm³/mol. The Morgan fingerprint density at radius 2 is 1.47 bits per heavy atom. The van der Waals surface area contributed by atoms with Crippen LogP contribution in [0.15, 0.2) is 0 Å².